The lowest BCUT2D eigenvalue weighted by molar-refractivity contribution is -0.126. The smallest absolute Gasteiger partial charge is 0.247 e. The van der Waals surface area contributed by atoms with Crippen molar-refractivity contribution in [2.75, 3.05) is 20.8 Å². The van der Waals surface area contributed by atoms with Gasteiger partial charge in [-0.2, -0.15) is 0 Å². The van der Waals surface area contributed by atoms with Crippen LogP contribution in [0.5, 0.6) is 11.5 Å². The van der Waals surface area contributed by atoms with Crippen LogP contribution in [0.4, 0.5) is 0 Å². The number of rotatable bonds is 5. The summed E-state index contributed by atoms with van der Waals surface area (Å²) < 4.78 is 10.4. The highest BCUT2D eigenvalue weighted by Crippen LogP contribution is 2.33. The molecular weight excluding hydrogens is 314 g/mol. The Morgan fingerprint density at radius 1 is 1.08 bits per heavy atom. The molecule has 2 aromatic rings. The van der Waals surface area contributed by atoms with Gasteiger partial charge in [0, 0.05) is 12.6 Å². The van der Waals surface area contributed by atoms with E-state index < -0.39 is 0 Å². The van der Waals surface area contributed by atoms with Crippen molar-refractivity contribution in [3.05, 3.63) is 65.7 Å². The molecule has 4 nitrogen and oxygen atoms in total. The third-order valence-corrected chi connectivity index (χ3v) is 4.55. The Kier molecular flexibility index (Phi) is 5.39. The zero-order chi connectivity index (χ0) is 17.6. The second-order valence-corrected chi connectivity index (χ2v) is 6.07. The number of nitrogens with zero attached hydrogens (tertiary/aromatic N) is 1. The molecule has 0 saturated carbocycles. The number of hydrogen-bond donors (Lipinski definition) is 0. The molecule has 1 amide bonds. The van der Waals surface area contributed by atoms with Crippen molar-refractivity contribution in [3.63, 3.8) is 0 Å². The number of benzene rings is 2. The first-order valence-electron chi connectivity index (χ1n) is 8.48. The Morgan fingerprint density at radius 2 is 1.84 bits per heavy atom. The van der Waals surface area contributed by atoms with Crippen molar-refractivity contribution in [2.45, 2.75) is 18.9 Å². The molecule has 130 valence electrons. The van der Waals surface area contributed by atoms with E-state index in [1.165, 1.54) is 0 Å². The fourth-order valence-electron chi connectivity index (χ4n) is 3.21. The van der Waals surface area contributed by atoms with Crippen molar-refractivity contribution in [2.24, 2.45) is 0 Å². The first kappa shape index (κ1) is 17.1. The van der Waals surface area contributed by atoms with E-state index in [0.29, 0.717) is 0 Å². The van der Waals surface area contributed by atoms with Crippen LogP contribution in [0.25, 0.3) is 6.08 Å². The van der Waals surface area contributed by atoms with Gasteiger partial charge in [-0.1, -0.05) is 24.3 Å². The molecule has 0 bridgehead atoms. The molecule has 0 spiro atoms. The summed E-state index contributed by atoms with van der Waals surface area (Å²) in [6.45, 7) is 0.790. The number of likely N-dealkylation sites (tertiary alicyclic amines) is 1. The van der Waals surface area contributed by atoms with Gasteiger partial charge < -0.3 is 14.4 Å². The SMILES string of the molecule is COc1ccc(C2CCCN2C(=O)/C=C/c2cccc(OC)c2)cc1. The average molecular weight is 337 g/mol. The Labute approximate surface area is 148 Å². The van der Waals surface area contributed by atoms with Gasteiger partial charge in [-0.05, 0) is 54.3 Å². The van der Waals surface area contributed by atoms with Gasteiger partial charge in [-0.3, -0.25) is 4.79 Å². The summed E-state index contributed by atoms with van der Waals surface area (Å²) >= 11 is 0. The van der Waals surface area contributed by atoms with Crippen LogP contribution in [0.15, 0.2) is 54.6 Å². The molecule has 1 aliphatic rings. The van der Waals surface area contributed by atoms with Crippen LogP contribution in [0.3, 0.4) is 0 Å². The zero-order valence-corrected chi connectivity index (χ0v) is 14.6. The van der Waals surface area contributed by atoms with Crippen LogP contribution in [-0.4, -0.2) is 31.6 Å². The Morgan fingerprint density at radius 3 is 2.56 bits per heavy atom. The van der Waals surface area contributed by atoms with E-state index in [2.05, 4.69) is 0 Å². The van der Waals surface area contributed by atoms with Gasteiger partial charge in [0.1, 0.15) is 11.5 Å². The van der Waals surface area contributed by atoms with E-state index in [4.69, 9.17) is 9.47 Å². The maximum absolute atomic E-state index is 12.7. The van der Waals surface area contributed by atoms with E-state index in [1.54, 1.807) is 20.3 Å². The van der Waals surface area contributed by atoms with Crippen LogP contribution in [0.1, 0.15) is 30.0 Å². The average Bonchev–Trinajstić information content (AvgIpc) is 3.16. The Hall–Kier alpha value is -2.75. The zero-order valence-electron chi connectivity index (χ0n) is 14.6. The summed E-state index contributed by atoms with van der Waals surface area (Å²) in [6.07, 6.45) is 5.51. The Bertz CT molecular complexity index is 752. The molecule has 2 aromatic carbocycles. The number of carbonyl (C=O) groups is 1. The van der Waals surface area contributed by atoms with Gasteiger partial charge in [-0.15, -0.1) is 0 Å². The van der Waals surface area contributed by atoms with E-state index in [9.17, 15) is 4.79 Å². The highest BCUT2D eigenvalue weighted by atomic mass is 16.5. The molecule has 1 unspecified atom stereocenters. The van der Waals surface area contributed by atoms with Crippen molar-refractivity contribution in [1.29, 1.82) is 0 Å². The topological polar surface area (TPSA) is 38.8 Å². The molecule has 0 N–H and O–H groups in total. The third kappa shape index (κ3) is 4.02. The van der Waals surface area contributed by atoms with Gasteiger partial charge in [0.15, 0.2) is 0 Å². The lowest BCUT2D eigenvalue weighted by Crippen LogP contribution is -2.28. The number of amides is 1. The molecular formula is C21H23NO3. The summed E-state index contributed by atoms with van der Waals surface area (Å²) in [7, 11) is 3.29. The third-order valence-electron chi connectivity index (χ3n) is 4.55. The number of hydrogen-bond acceptors (Lipinski definition) is 3. The summed E-state index contributed by atoms with van der Waals surface area (Å²) in [5, 5.41) is 0. The normalized spacial score (nSPS) is 17.0. The standard InChI is InChI=1S/C21H23NO3/c1-24-18-11-9-17(10-12-18)20-7-4-14-22(20)21(23)13-8-16-5-3-6-19(15-16)25-2/h3,5-6,8-13,15,20H,4,7,14H2,1-2H3/b13-8+. The van der Waals surface area contributed by atoms with E-state index in [0.717, 1.165) is 42.0 Å². The van der Waals surface area contributed by atoms with Gasteiger partial charge >= 0.3 is 0 Å². The monoisotopic (exact) mass is 337 g/mol. The maximum Gasteiger partial charge on any atom is 0.247 e. The summed E-state index contributed by atoms with van der Waals surface area (Å²) in [6, 6.07) is 15.8. The lowest BCUT2D eigenvalue weighted by Gasteiger charge is -2.24. The minimum Gasteiger partial charge on any atom is -0.497 e. The molecule has 1 saturated heterocycles. The van der Waals surface area contributed by atoms with Gasteiger partial charge in [0.2, 0.25) is 5.91 Å². The number of carbonyl (C=O) groups excluding carboxylic acids is 1. The van der Waals surface area contributed by atoms with Crippen LogP contribution in [0, 0.1) is 0 Å². The molecule has 0 aliphatic carbocycles. The van der Waals surface area contributed by atoms with Crippen molar-refractivity contribution in [1.82, 2.24) is 4.90 Å². The van der Waals surface area contributed by atoms with E-state index in [1.807, 2.05) is 59.5 Å². The quantitative estimate of drug-likeness (QED) is 0.772. The second-order valence-electron chi connectivity index (χ2n) is 6.07. The van der Waals surface area contributed by atoms with Gasteiger partial charge in [0.05, 0.1) is 20.3 Å². The van der Waals surface area contributed by atoms with Gasteiger partial charge in [-0.25, -0.2) is 0 Å². The predicted octanol–water partition coefficient (Wildman–Crippen LogP) is 4.08. The summed E-state index contributed by atoms with van der Waals surface area (Å²) in [5.41, 5.74) is 2.11. The molecule has 25 heavy (non-hydrogen) atoms. The molecule has 0 aromatic heterocycles. The molecule has 0 radical (unpaired) electrons. The van der Waals surface area contributed by atoms with Crippen LogP contribution in [-0.2, 0) is 4.79 Å². The number of ether oxygens (including phenoxy) is 2. The predicted molar refractivity (Wildman–Crippen MR) is 98.7 cm³/mol. The Balaban J connectivity index is 1.72. The van der Waals surface area contributed by atoms with Crippen LogP contribution < -0.4 is 9.47 Å². The van der Waals surface area contributed by atoms with Crippen LogP contribution >= 0.6 is 0 Å². The number of methoxy groups -OCH3 is 2. The first-order chi connectivity index (χ1) is 12.2. The molecule has 3 rings (SSSR count). The summed E-state index contributed by atoms with van der Waals surface area (Å²) in [4.78, 5) is 14.6. The lowest BCUT2D eigenvalue weighted by atomic mass is 10.0. The minimum atomic E-state index is 0.0427. The molecule has 4 heteroatoms. The molecule has 1 fully saturated rings. The van der Waals surface area contributed by atoms with Crippen molar-refractivity contribution >= 4 is 12.0 Å². The van der Waals surface area contributed by atoms with E-state index in [-0.39, 0.29) is 11.9 Å². The summed E-state index contributed by atoms with van der Waals surface area (Å²) in [5.74, 6) is 1.66. The minimum absolute atomic E-state index is 0.0427. The van der Waals surface area contributed by atoms with Crippen LogP contribution in [0.2, 0.25) is 0 Å². The first-order valence-corrected chi connectivity index (χ1v) is 8.48. The highest BCUT2D eigenvalue weighted by Gasteiger charge is 2.28. The molecule has 1 aliphatic heterocycles. The maximum atomic E-state index is 12.7. The largest absolute Gasteiger partial charge is 0.497 e. The second kappa shape index (κ2) is 7.88. The van der Waals surface area contributed by atoms with E-state index >= 15 is 0 Å². The molecule has 1 heterocycles. The van der Waals surface area contributed by atoms with Gasteiger partial charge in [0.25, 0.3) is 0 Å². The fraction of sp³-hybridized carbons (Fsp3) is 0.286. The van der Waals surface area contributed by atoms with Crippen molar-refractivity contribution in [3.8, 4) is 11.5 Å². The van der Waals surface area contributed by atoms with Crippen molar-refractivity contribution < 1.29 is 14.3 Å². The fourth-order valence-corrected chi connectivity index (χ4v) is 3.21. The highest BCUT2D eigenvalue weighted by molar-refractivity contribution is 5.92. The molecule has 1 atom stereocenters.